The van der Waals surface area contributed by atoms with E-state index in [1.165, 1.54) is 12.1 Å². The van der Waals surface area contributed by atoms with Crippen LogP contribution in [0.15, 0.2) is 17.0 Å². The van der Waals surface area contributed by atoms with Crippen LogP contribution in [0.4, 0.5) is 0 Å². The number of rotatable bonds is 1. The Balaban J connectivity index is 3.57. The number of hydrogen-bond donors (Lipinski definition) is 0. The average molecular weight is 362 g/mol. The van der Waals surface area contributed by atoms with Gasteiger partial charge in [-0.15, -0.1) is 0 Å². The molecule has 0 N–H and O–H groups in total. The van der Waals surface area contributed by atoms with Crippen LogP contribution in [0.2, 0.25) is 5.02 Å². The molecule has 0 heterocycles. The molecule has 7 heteroatoms. The SMILES string of the molecule is N#Cc1ccc(S(=O)(=O)Cl)c(Cl)c1I. The molecule has 0 amide bonds. The van der Waals surface area contributed by atoms with Crippen molar-refractivity contribution in [2.45, 2.75) is 4.90 Å². The fourth-order valence-electron chi connectivity index (χ4n) is 0.806. The zero-order valence-electron chi connectivity index (χ0n) is 6.46. The van der Waals surface area contributed by atoms with Crippen molar-refractivity contribution in [3.8, 4) is 6.07 Å². The summed E-state index contributed by atoms with van der Waals surface area (Å²) >= 11 is 7.53. The molecule has 0 bridgehead atoms. The fraction of sp³-hybridized carbons (Fsp3) is 0. The van der Waals surface area contributed by atoms with Crippen LogP contribution in [0.3, 0.4) is 0 Å². The minimum absolute atomic E-state index is 0.0142. The van der Waals surface area contributed by atoms with Crippen molar-refractivity contribution < 1.29 is 8.42 Å². The third-order valence-electron chi connectivity index (χ3n) is 1.43. The van der Waals surface area contributed by atoms with E-state index < -0.39 is 9.05 Å². The molecule has 0 radical (unpaired) electrons. The van der Waals surface area contributed by atoms with Gasteiger partial charge in [-0.2, -0.15) is 5.26 Å². The first-order valence-corrected chi connectivity index (χ1v) is 6.97. The monoisotopic (exact) mass is 361 g/mol. The van der Waals surface area contributed by atoms with Crippen molar-refractivity contribution >= 4 is 53.9 Å². The lowest BCUT2D eigenvalue weighted by molar-refractivity contribution is 0.609. The van der Waals surface area contributed by atoms with Gasteiger partial charge >= 0.3 is 0 Å². The molecule has 0 aliphatic carbocycles. The molecule has 74 valence electrons. The Morgan fingerprint density at radius 3 is 2.43 bits per heavy atom. The predicted octanol–water partition coefficient (Wildman–Crippen LogP) is 2.74. The minimum Gasteiger partial charge on any atom is -0.207 e. The van der Waals surface area contributed by atoms with Gasteiger partial charge in [0.05, 0.1) is 14.2 Å². The highest BCUT2D eigenvalue weighted by Crippen LogP contribution is 2.30. The van der Waals surface area contributed by atoms with E-state index >= 15 is 0 Å². The molecular formula is C7H2Cl2INO2S. The van der Waals surface area contributed by atoms with Gasteiger partial charge < -0.3 is 0 Å². The Morgan fingerprint density at radius 2 is 2.00 bits per heavy atom. The van der Waals surface area contributed by atoms with Crippen molar-refractivity contribution in [3.63, 3.8) is 0 Å². The topological polar surface area (TPSA) is 57.9 Å². The van der Waals surface area contributed by atoms with E-state index in [4.69, 9.17) is 27.5 Å². The molecule has 0 saturated carbocycles. The predicted molar refractivity (Wildman–Crippen MR) is 61.9 cm³/mol. The molecular weight excluding hydrogens is 360 g/mol. The second kappa shape index (κ2) is 4.23. The summed E-state index contributed by atoms with van der Waals surface area (Å²) < 4.78 is 22.4. The van der Waals surface area contributed by atoms with Crippen molar-refractivity contribution in [3.05, 3.63) is 26.3 Å². The maximum absolute atomic E-state index is 11.0. The molecule has 0 unspecified atom stereocenters. The van der Waals surface area contributed by atoms with Gasteiger partial charge in [0.25, 0.3) is 9.05 Å². The summed E-state index contributed by atoms with van der Waals surface area (Å²) in [6, 6.07) is 4.46. The maximum Gasteiger partial charge on any atom is 0.262 e. The summed E-state index contributed by atoms with van der Waals surface area (Å²) in [5.41, 5.74) is 0.319. The molecule has 0 aromatic heterocycles. The van der Waals surface area contributed by atoms with Gasteiger partial charge in [-0.1, -0.05) is 11.6 Å². The molecule has 1 rings (SSSR count). The first kappa shape index (κ1) is 12.0. The van der Waals surface area contributed by atoms with E-state index in [1.807, 2.05) is 6.07 Å². The van der Waals surface area contributed by atoms with Crippen LogP contribution in [-0.4, -0.2) is 8.42 Å². The van der Waals surface area contributed by atoms with E-state index in [1.54, 1.807) is 22.6 Å². The first-order valence-electron chi connectivity index (χ1n) is 3.20. The Kier molecular flexibility index (Phi) is 3.63. The molecule has 0 saturated heterocycles. The lowest BCUT2D eigenvalue weighted by Crippen LogP contribution is -1.95. The van der Waals surface area contributed by atoms with Crippen LogP contribution in [0, 0.1) is 14.9 Å². The van der Waals surface area contributed by atoms with Crippen LogP contribution in [-0.2, 0) is 9.05 Å². The molecule has 14 heavy (non-hydrogen) atoms. The molecule has 0 aliphatic rings. The molecule has 1 aromatic carbocycles. The summed E-state index contributed by atoms with van der Waals surface area (Å²) in [4.78, 5) is -0.177. The molecule has 0 aliphatic heterocycles. The van der Waals surface area contributed by atoms with E-state index in [2.05, 4.69) is 0 Å². The molecule has 0 fully saturated rings. The highest BCUT2D eigenvalue weighted by Gasteiger charge is 2.18. The Bertz CT molecular complexity index is 521. The van der Waals surface area contributed by atoms with Crippen molar-refractivity contribution in [2.75, 3.05) is 0 Å². The number of nitriles is 1. The minimum atomic E-state index is -3.85. The Labute approximate surface area is 104 Å². The number of halogens is 3. The summed E-state index contributed by atoms with van der Waals surface area (Å²) in [6.07, 6.45) is 0. The Hall–Kier alpha value is -0.0300. The normalized spacial score (nSPS) is 11.0. The van der Waals surface area contributed by atoms with Gasteiger partial charge in [0, 0.05) is 10.7 Å². The van der Waals surface area contributed by atoms with E-state index in [0.29, 0.717) is 9.13 Å². The van der Waals surface area contributed by atoms with Crippen LogP contribution in [0.5, 0.6) is 0 Å². The zero-order chi connectivity index (χ0) is 10.9. The number of benzene rings is 1. The van der Waals surface area contributed by atoms with E-state index in [-0.39, 0.29) is 9.92 Å². The van der Waals surface area contributed by atoms with Crippen molar-refractivity contribution in [1.82, 2.24) is 0 Å². The van der Waals surface area contributed by atoms with Gasteiger partial charge in [0.2, 0.25) is 0 Å². The second-order valence-corrected chi connectivity index (χ2v) is 6.28. The third kappa shape index (κ3) is 2.31. The van der Waals surface area contributed by atoms with Crippen LogP contribution < -0.4 is 0 Å². The number of hydrogen-bond acceptors (Lipinski definition) is 3. The lowest BCUT2D eigenvalue weighted by atomic mass is 10.2. The van der Waals surface area contributed by atoms with Gasteiger partial charge in [-0.25, -0.2) is 8.42 Å². The fourth-order valence-corrected chi connectivity index (χ4v) is 3.10. The molecule has 0 spiro atoms. The van der Waals surface area contributed by atoms with Gasteiger partial charge in [0.15, 0.2) is 0 Å². The average Bonchev–Trinajstić information content (AvgIpc) is 2.07. The standard InChI is InChI=1S/C7H2Cl2INO2S/c8-6-5(14(9,12)13)2-1-4(3-11)7(6)10/h1-2H. The maximum atomic E-state index is 11.0. The van der Waals surface area contributed by atoms with Crippen molar-refractivity contribution in [1.29, 1.82) is 5.26 Å². The van der Waals surface area contributed by atoms with Crippen LogP contribution in [0.1, 0.15) is 5.56 Å². The van der Waals surface area contributed by atoms with Crippen molar-refractivity contribution in [2.24, 2.45) is 0 Å². The lowest BCUT2D eigenvalue weighted by Gasteiger charge is -2.03. The van der Waals surface area contributed by atoms with Crippen LogP contribution in [0.25, 0.3) is 0 Å². The summed E-state index contributed by atoms with van der Waals surface area (Å²) in [7, 11) is 1.28. The molecule has 0 atom stereocenters. The summed E-state index contributed by atoms with van der Waals surface area (Å²) in [5.74, 6) is 0. The Morgan fingerprint density at radius 1 is 1.43 bits per heavy atom. The molecule has 1 aromatic rings. The highest BCUT2D eigenvalue weighted by molar-refractivity contribution is 14.1. The first-order chi connectivity index (χ1) is 6.38. The zero-order valence-corrected chi connectivity index (χ0v) is 10.9. The van der Waals surface area contributed by atoms with Gasteiger partial charge in [0.1, 0.15) is 11.0 Å². The second-order valence-electron chi connectivity index (χ2n) is 2.29. The molecule has 3 nitrogen and oxygen atoms in total. The van der Waals surface area contributed by atoms with E-state index in [0.717, 1.165) is 0 Å². The van der Waals surface area contributed by atoms with Gasteiger partial charge in [-0.05, 0) is 34.7 Å². The summed E-state index contributed by atoms with van der Waals surface area (Å²) in [6.45, 7) is 0. The van der Waals surface area contributed by atoms with Gasteiger partial charge in [-0.3, -0.25) is 0 Å². The highest BCUT2D eigenvalue weighted by atomic mass is 127. The summed E-state index contributed by atoms with van der Waals surface area (Å²) in [5, 5.41) is 8.63. The third-order valence-corrected chi connectivity index (χ3v) is 4.74. The number of nitrogens with zero attached hydrogens (tertiary/aromatic N) is 1. The van der Waals surface area contributed by atoms with Crippen LogP contribution >= 0.6 is 44.9 Å². The largest absolute Gasteiger partial charge is 0.262 e. The quantitative estimate of drug-likeness (QED) is 0.570. The smallest absolute Gasteiger partial charge is 0.207 e. The van der Waals surface area contributed by atoms with E-state index in [9.17, 15) is 8.42 Å².